The van der Waals surface area contributed by atoms with E-state index < -0.39 is 56.9 Å². The molecule has 0 aliphatic carbocycles. The summed E-state index contributed by atoms with van der Waals surface area (Å²) in [5.74, 6) is 0.198. The van der Waals surface area contributed by atoms with E-state index in [1.807, 2.05) is 72.8 Å². The van der Waals surface area contributed by atoms with Gasteiger partial charge in [-0.1, -0.05) is 55.8 Å². The first-order valence-corrected chi connectivity index (χ1v) is 30.2. The molecule has 5 aromatic carbocycles. The molecule has 12 nitrogen and oxygen atoms in total. The van der Waals surface area contributed by atoms with Crippen LogP contribution in [0.3, 0.4) is 0 Å². The molecule has 7 rings (SSSR count). The van der Waals surface area contributed by atoms with E-state index in [1.54, 1.807) is 37.3 Å². The molecule has 1 saturated heterocycles. The summed E-state index contributed by atoms with van der Waals surface area (Å²) in [6.07, 6.45) is 1.60. The number of benzene rings is 5. The maximum Gasteiger partial charge on any atom is 0.501 e. The summed E-state index contributed by atoms with van der Waals surface area (Å²) < 4.78 is 144. The molecule has 0 amide bonds. The van der Waals surface area contributed by atoms with Crippen LogP contribution >= 0.6 is 23.4 Å². The van der Waals surface area contributed by atoms with Crippen molar-refractivity contribution >= 4 is 75.8 Å². The minimum Gasteiger partial charge on any atom is -0.380 e. The molecule has 0 saturated carbocycles. The van der Waals surface area contributed by atoms with Crippen LogP contribution in [0, 0.1) is 18.7 Å². The summed E-state index contributed by atoms with van der Waals surface area (Å²) >= 11 is 7.70. The first-order valence-electron chi connectivity index (χ1n) is 24.0. The van der Waals surface area contributed by atoms with Gasteiger partial charge in [0.05, 0.1) is 21.2 Å². The van der Waals surface area contributed by atoms with Gasteiger partial charge in [0, 0.05) is 95.1 Å². The van der Waals surface area contributed by atoms with Crippen molar-refractivity contribution in [3.63, 3.8) is 0 Å². The van der Waals surface area contributed by atoms with E-state index in [0.29, 0.717) is 90.1 Å². The van der Waals surface area contributed by atoms with Gasteiger partial charge in [0.1, 0.15) is 10.7 Å². The van der Waals surface area contributed by atoms with Crippen LogP contribution in [0.4, 0.5) is 40.3 Å². The predicted octanol–water partition coefficient (Wildman–Crippen LogP) is 11.9. The van der Waals surface area contributed by atoms with Gasteiger partial charge in [0.15, 0.2) is 9.84 Å². The molecule has 21 heteroatoms. The first kappa shape index (κ1) is 56.5. The van der Waals surface area contributed by atoms with Crippen LogP contribution in [0.2, 0.25) is 5.02 Å². The number of rotatable bonds is 20. The van der Waals surface area contributed by atoms with Gasteiger partial charge < -0.3 is 24.6 Å². The van der Waals surface area contributed by atoms with Crippen molar-refractivity contribution in [2.24, 2.45) is 5.92 Å². The fourth-order valence-electron chi connectivity index (χ4n) is 9.38. The van der Waals surface area contributed by atoms with E-state index in [-0.39, 0.29) is 22.3 Å². The lowest BCUT2D eigenvalue weighted by atomic mass is 9.99. The van der Waals surface area contributed by atoms with Gasteiger partial charge in [-0.15, -0.1) is 11.8 Å². The number of aromatic nitrogens is 1. The molecular weight excluding hydrogens is 1060 g/mol. The summed E-state index contributed by atoms with van der Waals surface area (Å²) in [7, 11) is -12.5. The topological polar surface area (TPSA) is 141 Å². The van der Waals surface area contributed by atoms with E-state index in [4.69, 9.17) is 11.6 Å². The standard InChI is InChI=1S/C53H61ClF4N6O6S4/c1-35(2)33-61(6)24-23-43(34-71-46-11-9-8-10-12-46)59-48-22-21-47(32-49(48)73(67,68)53(56,57)58)74(69,70)60-42-17-19-44(20-18-42)62-25-27-63(28-26-62)45-30-39(29-41(55)31-45)50-51(38-13-15-40(54)16-14-38)64(36(3)4)37(5)52(50)72(7,65)66/h8-22,29-32,35-36,43,59-60H,23-28,33-34H2,1-7H3/t43-/m1/s1. The normalized spacial score (nSPS) is 14.3. The van der Waals surface area contributed by atoms with E-state index >= 15 is 4.39 Å². The van der Waals surface area contributed by atoms with E-state index in [9.17, 15) is 38.4 Å². The Labute approximate surface area is 442 Å². The van der Waals surface area contributed by atoms with Gasteiger partial charge in [0.25, 0.3) is 19.9 Å². The summed E-state index contributed by atoms with van der Waals surface area (Å²) in [6, 6.07) is 29.4. The van der Waals surface area contributed by atoms with Crippen LogP contribution in [0.15, 0.2) is 135 Å². The number of nitrogens with zero attached hydrogens (tertiary/aromatic N) is 4. The Morgan fingerprint density at radius 3 is 1.97 bits per heavy atom. The highest BCUT2D eigenvalue weighted by Gasteiger charge is 2.48. The van der Waals surface area contributed by atoms with Crippen LogP contribution in [-0.2, 0) is 29.7 Å². The summed E-state index contributed by atoms with van der Waals surface area (Å²) in [6.45, 7) is 13.0. The Hall–Kier alpha value is -5.25. The van der Waals surface area contributed by atoms with Gasteiger partial charge in [-0.25, -0.2) is 29.6 Å². The Balaban J connectivity index is 1.09. The number of hydrogen-bond acceptors (Lipinski definition) is 11. The molecule has 0 unspecified atom stereocenters. The molecule has 1 aromatic heterocycles. The maximum absolute atomic E-state index is 15.8. The Morgan fingerprint density at radius 2 is 1.39 bits per heavy atom. The highest BCUT2D eigenvalue weighted by Crippen LogP contribution is 2.45. The van der Waals surface area contributed by atoms with Crippen molar-refractivity contribution in [3.8, 4) is 22.4 Å². The number of nitrogens with one attached hydrogen (secondary N) is 2. The van der Waals surface area contributed by atoms with Gasteiger partial charge in [-0.2, -0.15) is 13.2 Å². The average molecular weight is 1120 g/mol. The number of sulfone groups is 2. The van der Waals surface area contributed by atoms with E-state index in [2.05, 4.69) is 33.7 Å². The lowest BCUT2D eigenvalue weighted by molar-refractivity contribution is -0.0435. The summed E-state index contributed by atoms with van der Waals surface area (Å²) in [5, 5.41) is 3.54. The third-order valence-electron chi connectivity index (χ3n) is 12.6. The summed E-state index contributed by atoms with van der Waals surface area (Å²) in [5.41, 5.74) is -2.05. The lowest BCUT2D eigenvalue weighted by Crippen LogP contribution is -2.46. The largest absolute Gasteiger partial charge is 0.501 e. The van der Waals surface area contributed by atoms with Gasteiger partial charge >= 0.3 is 5.51 Å². The molecule has 0 radical (unpaired) electrons. The Morgan fingerprint density at radius 1 is 0.770 bits per heavy atom. The quantitative estimate of drug-likeness (QED) is 0.0557. The molecule has 1 aliphatic rings. The van der Waals surface area contributed by atoms with Crippen LogP contribution in [-0.4, -0.2) is 105 Å². The number of alkyl halides is 3. The lowest BCUT2D eigenvalue weighted by Gasteiger charge is -2.37. The predicted molar refractivity (Wildman–Crippen MR) is 291 cm³/mol. The second-order valence-corrected chi connectivity index (χ2v) is 26.3. The second-order valence-electron chi connectivity index (χ2n) is 19.2. The zero-order chi connectivity index (χ0) is 53.9. The number of piperazine rings is 1. The number of anilines is 4. The van der Waals surface area contributed by atoms with E-state index in [1.165, 1.54) is 36.0 Å². The Bertz CT molecular complexity index is 3280. The van der Waals surface area contributed by atoms with Crippen molar-refractivity contribution in [1.29, 1.82) is 0 Å². The molecular formula is C53H61ClF4N6O6S4. The van der Waals surface area contributed by atoms with Crippen molar-refractivity contribution in [2.75, 3.05) is 78.2 Å². The molecule has 398 valence electrons. The van der Waals surface area contributed by atoms with Crippen molar-refractivity contribution in [3.05, 3.63) is 132 Å². The van der Waals surface area contributed by atoms with Crippen LogP contribution in [0.5, 0.6) is 0 Å². The minimum atomic E-state index is -6.03. The van der Waals surface area contributed by atoms with Crippen LogP contribution in [0.1, 0.15) is 45.9 Å². The molecule has 2 heterocycles. The summed E-state index contributed by atoms with van der Waals surface area (Å²) in [4.78, 5) is 5.29. The minimum absolute atomic E-state index is 0.0820. The molecule has 0 bridgehead atoms. The number of thioether (sulfide) groups is 1. The van der Waals surface area contributed by atoms with Crippen LogP contribution < -0.4 is 19.8 Å². The van der Waals surface area contributed by atoms with Crippen molar-refractivity contribution in [2.45, 2.75) is 78.2 Å². The molecule has 74 heavy (non-hydrogen) atoms. The molecule has 0 spiro atoms. The second kappa shape index (κ2) is 22.9. The van der Waals surface area contributed by atoms with Crippen LogP contribution in [0.25, 0.3) is 22.4 Å². The molecule has 2 N–H and O–H groups in total. The average Bonchev–Trinajstić information content (AvgIpc) is 3.66. The highest BCUT2D eigenvalue weighted by atomic mass is 35.5. The highest BCUT2D eigenvalue weighted by molar-refractivity contribution is 7.99. The van der Waals surface area contributed by atoms with Gasteiger partial charge in [-0.05, 0) is 143 Å². The first-order chi connectivity index (χ1) is 34.7. The fourth-order valence-corrected chi connectivity index (χ4v) is 13.8. The third kappa shape index (κ3) is 13.2. The molecule has 1 atom stereocenters. The molecule has 1 fully saturated rings. The number of sulfonamides is 1. The van der Waals surface area contributed by atoms with E-state index in [0.717, 1.165) is 41.1 Å². The Kier molecular flexibility index (Phi) is 17.5. The third-order valence-corrected chi connectivity index (χ3v) is 18.2. The van der Waals surface area contributed by atoms with Gasteiger partial charge in [-0.3, -0.25) is 4.72 Å². The smallest absolute Gasteiger partial charge is 0.380 e. The molecule has 1 aliphatic heterocycles. The maximum atomic E-state index is 15.8. The van der Waals surface area contributed by atoms with Crippen molar-refractivity contribution in [1.82, 2.24) is 9.47 Å². The fraction of sp³-hybridized carbons (Fsp3) is 0.358. The monoisotopic (exact) mass is 1120 g/mol. The zero-order valence-electron chi connectivity index (χ0n) is 42.1. The molecule has 6 aromatic rings. The number of halogens is 5. The SMILES string of the molecule is Cc1c(S(C)(=O)=O)c(-c2cc(F)cc(N3CCN(c4ccc(NS(=O)(=O)c5ccc(N[C@H](CCN(C)CC(C)C)CSc6ccccc6)c(S(=O)(=O)C(F)(F)F)c5)cc4)CC3)c2)c(-c2ccc(Cl)cc2)n1C(C)C. The number of hydrogen-bond donors (Lipinski definition) is 2. The van der Waals surface area contributed by atoms with Crippen molar-refractivity contribution < 1.29 is 42.8 Å². The van der Waals surface area contributed by atoms with Gasteiger partial charge in [0.2, 0.25) is 0 Å². The zero-order valence-corrected chi connectivity index (χ0v) is 46.1.